The van der Waals surface area contributed by atoms with Crippen LogP contribution in [0.3, 0.4) is 0 Å². The van der Waals surface area contributed by atoms with Gasteiger partial charge < -0.3 is 0 Å². The van der Waals surface area contributed by atoms with Crippen LogP contribution in [0.5, 0.6) is 0 Å². The van der Waals surface area contributed by atoms with Crippen molar-refractivity contribution in [3.63, 3.8) is 0 Å². The van der Waals surface area contributed by atoms with Gasteiger partial charge in [0.2, 0.25) is 0 Å². The van der Waals surface area contributed by atoms with Crippen molar-refractivity contribution in [2.45, 2.75) is 0 Å². The lowest BCUT2D eigenvalue weighted by Crippen LogP contribution is -1.98. The van der Waals surface area contributed by atoms with E-state index in [0.29, 0.717) is 0 Å². The average Bonchev–Trinajstić information content (AvgIpc) is 2.96. The summed E-state index contributed by atoms with van der Waals surface area (Å²) >= 11 is 1.77. The van der Waals surface area contributed by atoms with E-state index in [1.807, 2.05) is 24.3 Å². The van der Waals surface area contributed by atoms with Crippen LogP contribution in [0.2, 0.25) is 0 Å². The minimum absolute atomic E-state index is 0.993. The molecule has 3 heteroatoms. The van der Waals surface area contributed by atoms with Crippen LogP contribution >= 0.6 is 11.3 Å². The van der Waals surface area contributed by atoms with E-state index in [4.69, 9.17) is 9.97 Å². The highest BCUT2D eigenvalue weighted by Crippen LogP contribution is 2.43. The topological polar surface area (TPSA) is 25.8 Å². The summed E-state index contributed by atoms with van der Waals surface area (Å²) in [7, 11) is 0. The fourth-order valence-corrected chi connectivity index (χ4v) is 4.04. The zero-order valence-electron chi connectivity index (χ0n) is 12.2. The molecule has 2 aromatic carbocycles. The van der Waals surface area contributed by atoms with Crippen LogP contribution in [-0.4, -0.2) is 9.97 Å². The summed E-state index contributed by atoms with van der Waals surface area (Å²) in [6.07, 6.45) is 4.05. The molecule has 2 heterocycles. The molecule has 2 nitrogen and oxygen atoms in total. The van der Waals surface area contributed by atoms with E-state index in [1.165, 1.54) is 20.9 Å². The van der Waals surface area contributed by atoms with Crippen molar-refractivity contribution in [1.82, 2.24) is 9.97 Å². The van der Waals surface area contributed by atoms with Gasteiger partial charge in [0.1, 0.15) is 11.0 Å². The SMILES string of the molecule is C1=Cc2nc3c(-c4ccccc4)sc(-c4ccccc4)c3nc21. The normalized spacial score (nSPS) is 12.2. The third-order valence-electron chi connectivity index (χ3n) is 4.06. The molecule has 23 heavy (non-hydrogen) atoms. The summed E-state index contributed by atoms with van der Waals surface area (Å²) in [4.78, 5) is 12.1. The monoisotopic (exact) mass is 312 g/mol. The molecule has 0 fully saturated rings. The Labute approximate surface area is 137 Å². The molecule has 0 aliphatic heterocycles. The third-order valence-corrected chi connectivity index (χ3v) is 5.32. The van der Waals surface area contributed by atoms with Gasteiger partial charge in [0.25, 0.3) is 0 Å². The molecular formula is C20H12N2S. The van der Waals surface area contributed by atoms with Crippen LogP contribution in [0.1, 0.15) is 11.4 Å². The number of aromatic nitrogens is 2. The molecular weight excluding hydrogens is 300 g/mol. The molecule has 4 aromatic rings. The van der Waals surface area contributed by atoms with E-state index in [9.17, 15) is 0 Å². The number of rotatable bonds is 2. The van der Waals surface area contributed by atoms with Crippen LogP contribution in [0, 0.1) is 0 Å². The molecule has 108 valence electrons. The first-order chi connectivity index (χ1) is 11.4. The minimum atomic E-state index is 0.993. The standard InChI is InChI=1S/C20H12N2S/c1-3-7-13(8-4-1)19-17-18(22-16-12-11-15(16)21-17)20(23-19)14-9-5-2-6-10-14/h1-12H. The molecule has 2 aromatic heterocycles. The average molecular weight is 312 g/mol. The van der Waals surface area contributed by atoms with Crippen molar-refractivity contribution in [3.05, 3.63) is 72.1 Å². The molecule has 0 spiro atoms. The van der Waals surface area contributed by atoms with E-state index >= 15 is 0 Å². The Morgan fingerprint density at radius 2 is 1.00 bits per heavy atom. The van der Waals surface area contributed by atoms with Crippen LogP contribution in [0.15, 0.2) is 60.7 Å². The number of fused-ring (bicyclic) bond motifs is 2. The zero-order chi connectivity index (χ0) is 15.2. The summed E-state index contributed by atoms with van der Waals surface area (Å²) in [5.41, 5.74) is 6.38. The van der Waals surface area contributed by atoms with Gasteiger partial charge in [0.15, 0.2) is 0 Å². The molecule has 0 saturated heterocycles. The Balaban J connectivity index is 1.85. The Bertz CT molecular complexity index is 964. The second-order valence-electron chi connectivity index (χ2n) is 5.52. The maximum Gasteiger partial charge on any atom is 0.109 e. The second-order valence-corrected chi connectivity index (χ2v) is 6.54. The van der Waals surface area contributed by atoms with E-state index in [1.54, 1.807) is 11.3 Å². The molecule has 0 N–H and O–H groups in total. The number of hydrogen-bond acceptors (Lipinski definition) is 3. The highest BCUT2D eigenvalue weighted by Gasteiger charge is 2.20. The minimum Gasteiger partial charge on any atom is -0.243 e. The number of nitrogens with zero attached hydrogens (tertiary/aromatic N) is 2. The van der Waals surface area contributed by atoms with Gasteiger partial charge in [-0.1, -0.05) is 60.7 Å². The summed E-state index contributed by atoms with van der Waals surface area (Å²) < 4.78 is 0. The quantitative estimate of drug-likeness (QED) is 0.429. The predicted molar refractivity (Wildman–Crippen MR) is 97.2 cm³/mol. The number of thiophene rings is 1. The smallest absolute Gasteiger partial charge is 0.109 e. The molecule has 0 amide bonds. The highest BCUT2D eigenvalue weighted by atomic mass is 32.1. The zero-order valence-corrected chi connectivity index (χ0v) is 13.0. The van der Waals surface area contributed by atoms with Gasteiger partial charge in [-0.15, -0.1) is 11.3 Å². The van der Waals surface area contributed by atoms with Crippen molar-refractivity contribution in [1.29, 1.82) is 0 Å². The molecule has 0 radical (unpaired) electrons. The van der Waals surface area contributed by atoms with Gasteiger partial charge in [-0.2, -0.15) is 0 Å². The fraction of sp³-hybridized carbons (Fsp3) is 0. The van der Waals surface area contributed by atoms with Gasteiger partial charge in [-0.3, -0.25) is 0 Å². The Kier molecular flexibility index (Phi) is 2.69. The lowest BCUT2D eigenvalue weighted by atomic mass is 10.1. The predicted octanol–water partition coefficient (Wildman–Crippen LogP) is 5.51. The summed E-state index contributed by atoms with van der Waals surface area (Å²) in [6.45, 7) is 0. The third kappa shape index (κ3) is 1.94. The van der Waals surface area contributed by atoms with Crippen LogP contribution in [0.4, 0.5) is 0 Å². The van der Waals surface area contributed by atoms with Gasteiger partial charge in [-0.25, -0.2) is 9.97 Å². The molecule has 0 bridgehead atoms. The van der Waals surface area contributed by atoms with E-state index in [-0.39, 0.29) is 0 Å². The van der Waals surface area contributed by atoms with E-state index < -0.39 is 0 Å². The highest BCUT2D eigenvalue weighted by molar-refractivity contribution is 7.20. The van der Waals surface area contributed by atoms with Crippen molar-refractivity contribution in [2.24, 2.45) is 0 Å². The number of hydrogen-bond donors (Lipinski definition) is 0. The molecule has 0 atom stereocenters. The first-order valence-electron chi connectivity index (χ1n) is 7.53. The van der Waals surface area contributed by atoms with Gasteiger partial charge in [0, 0.05) is 0 Å². The first-order valence-corrected chi connectivity index (χ1v) is 8.35. The maximum atomic E-state index is 4.85. The molecule has 5 rings (SSSR count). The lowest BCUT2D eigenvalue weighted by Gasteiger charge is -2.08. The van der Waals surface area contributed by atoms with E-state index in [0.717, 1.165) is 22.4 Å². The van der Waals surface area contributed by atoms with Gasteiger partial charge in [-0.05, 0) is 23.3 Å². The van der Waals surface area contributed by atoms with Crippen LogP contribution in [0.25, 0.3) is 44.1 Å². The van der Waals surface area contributed by atoms with Gasteiger partial charge in [0.05, 0.1) is 21.1 Å². The molecule has 1 aliphatic rings. The van der Waals surface area contributed by atoms with Crippen molar-refractivity contribution in [2.75, 3.05) is 0 Å². The van der Waals surface area contributed by atoms with Crippen molar-refractivity contribution in [3.8, 4) is 20.9 Å². The largest absolute Gasteiger partial charge is 0.243 e. The Hall–Kier alpha value is -2.78. The Morgan fingerprint density at radius 1 is 0.565 bits per heavy atom. The fourth-order valence-electron chi connectivity index (χ4n) is 2.85. The van der Waals surface area contributed by atoms with Crippen molar-refractivity contribution < 1.29 is 0 Å². The molecule has 1 aliphatic carbocycles. The lowest BCUT2D eigenvalue weighted by molar-refractivity contribution is 1.23. The van der Waals surface area contributed by atoms with Gasteiger partial charge >= 0.3 is 0 Å². The number of benzene rings is 2. The Morgan fingerprint density at radius 3 is 1.39 bits per heavy atom. The molecule has 0 saturated carbocycles. The first kappa shape index (κ1) is 12.7. The maximum absolute atomic E-state index is 4.85. The summed E-state index contributed by atoms with van der Waals surface area (Å²) in [5, 5.41) is 0. The summed E-state index contributed by atoms with van der Waals surface area (Å²) in [6, 6.07) is 20.9. The van der Waals surface area contributed by atoms with Crippen LogP contribution < -0.4 is 0 Å². The van der Waals surface area contributed by atoms with E-state index in [2.05, 4.69) is 48.5 Å². The van der Waals surface area contributed by atoms with Crippen LogP contribution in [-0.2, 0) is 0 Å². The van der Waals surface area contributed by atoms with Crippen molar-refractivity contribution >= 4 is 34.5 Å². The second kappa shape index (κ2) is 4.86. The molecule has 0 unspecified atom stereocenters. The summed E-state index contributed by atoms with van der Waals surface area (Å²) in [5.74, 6) is 0.